The zero-order valence-electron chi connectivity index (χ0n) is 8.77. The van der Waals surface area contributed by atoms with Gasteiger partial charge in [0.15, 0.2) is 0 Å². The molecular weight excluding hydrogens is 144 g/mol. The lowest BCUT2D eigenvalue weighted by Gasteiger charge is -2.25. The molecule has 2 unspecified atom stereocenters. The van der Waals surface area contributed by atoms with E-state index < -0.39 is 0 Å². The monoisotopic (exact) mass is 166 g/mol. The molecule has 1 rings (SSSR count). The van der Waals surface area contributed by atoms with Crippen LogP contribution in [0.4, 0.5) is 0 Å². The summed E-state index contributed by atoms with van der Waals surface area (Å²) in [6, 6.07) is 0. The quantitative estimate of drug-likeness (QED) is 0.473. The van der Waals surface area contributed by atoms with Crippen molar-refractivity contribution in [3.63, 3.8) is 0 Å². The van der Waals surface area contributed by atoms with Crippen LogP contribution in [0.25, 0.3) is 0 Å². The largest absolute Gasteiger partial charge is 0.103 e. The molecule has 0 nitrogen and oxygen atoms in total. The van der Waals surface area contributed by atoms with Gasteiger partial charge >= 0.3 is 0 Å². The molecule has 1 aliphatic carbocycles. The molecule has 0 heterocycles. The van der Waals surface area contributed by atoms with Crippen LogP contribution < -0.4 is 0 Å². The van der Waals surface area contributed by atoms with Crippen molar-refractivity contribution in [2.45, 2.75) is 40.0 Å². The van der Waals surface area contributed by atoms with Crippen LogP contribution in [0.5, 0.6) is 0 Å². The maximum Gasteiger partial charge on any atom is -0.0234 e. The molecule has 0 saturated heterocycles. The van der Waals surface area contributed by atoms with Gasteiger partial charge in [-0.3, -0.25) is 0 Å². The van der Waals surface area contributed by atoms with Crippen molar-refractivity contribution >= 4 is 0 Å². The summed E-state index contributed by atoms with van der Waals surface area (Å²) in [5.41, 5.74) is 1.47. The van der Waals surface area contributed by atoms with Crippen LogP contribution in [-0.2, 0) is 0 Å². The first-order valence-electron chi connectivity index (χ1n) is 4.86. The molecule has 0 N–H and O–H groups in total. The summed E-state index contributed by atoms with van der Waals surface area (Å²) in [5.74, 6) is 1.69. The molecule has 0 radical (unpaired) electrons. The maximum atomic E-state index is 4.05. The van der Waals surface area contributed by atoms with Gasteiger partial charge in [-0.2, -0.15) is 0 Å². The number of allylic oxidation sites excluding steroid dienone is 2. The Labute approximate surface area is 77.4 Å². The first kappa shape index (κ1) is 11.5. The molecule has 2 atom stereocenters. The van der Waals surface area contributed by atoms with Crippen molar-refractivity contribution < 1.29 is 0 Å². The molecular formula is C12H22. The third-order valence-corrected chi connectivity index (χ3v) is 2.40. The Balaban J connectivity index is 0.000000354. The number of hydrogen-bond donors (Lipinski definition) is 0. The van der Waals surface area contributed by atoms with Crippen LogP contribution in [0.2, 0.25) is 0 Å². The van der Waals surface area contributed by atoms with E-state index in [1.165, 1.54) is 24.8 Å². The highest BCUT2D eigenvalue weighted by atomic mass is 14.2. The second-order valence-corrected chi connectivity index (χ2v) is 3.85. The SMILES string of the molecule is C=C1CC(C)CCC1C.C=CC. The summed E-state index contributed by atoms with van der Waals surface area (Å²) in [4.78, 5) is 0. The van der Waals surface area contributed by atoms with Crippen molar-refractivity contribution in [1.82, 2.24) is 0 Å². The summed E-state index contributed by atoms with van der Waals surface area (Å²) in [6.07, 6.45) is 5.78. The minimum Gasteiger partial charge on any atom is -0.103 e. The maximum absolute atomic E-state index is 4.05. The van der Waals surface area contributed by atoms with Crippen LogP contribution in [0.15, 0.2) is 24.8 Å². The Kier molecular flexibility index (Phi) is 5.79. The molecule has 0 bridgehead atoms. The van der Waals surface area contributed by atoms with Crippen LogP contribution in [-0.4, -0.2) is 0 Å². The molecule has 0 heteroatoms. The zero-order valence-corrected chi connectivity index (χ0v) is 8.77. The van der Waals surface area contributed by atoms with E-state index in [4.69, 9.17) is 0 Å². The highest BCUT2D eigenvalue weighted by Crippen LogP contribution is 2.31. The van der Waals surface area contributed by atoms with Gasteiger partial charge in [0.1, 0.15) is 0 Å². The molecule has 1 aliphatic rings. The van der Waals surface area contributed by atoms with Crippen molar-refractivity contribution in [3.05, 3.63) is 24.8 Å². The van der Waals surface area contributed by atoms with Crippen molar-refractivity contribution in [1.29, 1.82) is 0 Å². The molecule has 0 aliphatic heterocycles. The molecule has 0 spiro atoms. The van der Waals surface area contributed by atoms with E-state index in [2.05, 4.69) is 27.0 Å². The number of hydrogen-bond acceptors (Lipinski definition) is 0. The molecule has 0 amide bonds. The van der Waals surface area contributed by atoms with Gasteiger partial charge < -0.3 is 0 Å². The van der Waals surface area contributed by atoms with Gasteiger partial charge in [-0.25, -0.2) is 0 Å². The van der Waals surface area contributed by atoms with Crippen molar-refractivity contribution in [2.75, 3.05) is 0 Å². The molecule has 70 valence electrons. The van der Waals surface area contributed by atoms with E-state index in [0.29, 0.717) is 0 Å². The van der Waals surface area contributed by atoms with Gasteiger partial charge in [-0.1, -0.05) is 32.1 Å². The summed E-state index contributed by atoms with van der Waals surface area (Å²) in [5, 5.41) is 0. The minimum absolute atomic E-state index is 0.793. The standard InChI is InChI=1S/C9H16.C3H6/c1-7-4-5-8(2)9(3)6-7;1-3-2/h7-8H,3-6H2,1-2H3;3H,1H2,2H3. The van der Waals surface area contributed by atoms with Gasteiger partial charge in [0.2, 0.25) is 0 Å². The molecule has 0 aromatic rings. The van der Waals surface area contributed by atoms with E-state index in [1.54, 1.807) is 6.08 Å². The van der Waals surface area contributed by atoms with Crippen LogP contribution >= 0.6 is 0 Å². The zero-order chi connectivity index (χ0) is 9.56. The van der Waals surface area contributed by atoms with E-state index >= 15 is 0 Å². The summed E-state index contributed by atoms with van der Waals surface area (Å²) in [6.45, 7) is 13.9. The van der Waals surface area contributed by atoms with Crippen LogP contribution in [0, 0.1) is 11.8 Å². The Morgan fingerprint density at radius 2 is 1.83 bits per heavy atom. The molecule has 1 saturated carbocycles. The second-order valence-electron chi connectivity index (χ2n) is 3.85. The Morgan fingerprint density at radius 1 is 1.33 bits per heavy atom. The van der Waals surface area contributed by atoms with E-state index in [1.807, 2.05) is 6.92 Å². The van der Waals surface area contributed by atoms with Gasteiger partial charge in [-0.05, 0) is 38.0 Å². The smallest absolute Gasteiger partial charge is 0.0234 e. The lowest BCUT2D eigenvalue weighted by atomic mass is 9.81. The third-order valence-electron chi connectivity index (χ3n) is 2.40. The Bertz CT molecular complexity index is 144. The normalized spacial score (nSPS) is 28.8. The minimum atomic E-state index is 0.793. The van der Waals surface area contributed by atoms with Gasteiger partial charge in [0.05, 0.1) is 0 Å². The van der Waals surface area contributed by atoms with E-state index in [9.17, 15) is 0 Å². The number of rotatable bonds is 0. The topological polar surface area (TPSA) is 0 Å². The predicted molar refractivity (Wildman–Crippen MR) is 57.2 cm³/mol. The Morgan fingerprint density at radius 3 is 2.17 bits per heavy atom. The van der Waals surface area contributed by atoms with E-state index in [-0.39, 0.29) is 0 Å². The van der Waals surface area contributed by atoms with E-state index in [0.717, 1.165) is 11.8 Å². The van der Waals surface area contributed by atoms with Gasteiger partial charge in [0.25, 0.3) is 0 Å². The van der Waals surface area contributed by atoms with Crippen LogP contribution in [0.1, 0.15) is 40.0 Å². The lowest BCUT2D eigenvalue weighted by molar-refractivity contribution is 0.388. The molecule has 0 aromatic heterocycles. The molecule has 12 heavy (non-hydrogen) atoms. The van der Waals surface area contributed by atoms with Crippen LogP contribution in [0.3, 0.4) is 0 Å². The van der Waals surface area contributed by atoms with Gasteiger partial charge in [-0.15, -0.1) is 6.58 Å². The summed E-state index contributed by atoms with van der Waals surface area (Å²) < 4.78 is 0. The lowest BCUT2D eigenvalue weighted by Crippen LogP contribution is -2.11. The fourth-order valence-corrected chi connectivity index (χ4v) is 1.49. The van der Waals surface area contributed by atoms with Crippen molar-refractivity contribution in [3.8, 4) is 0 Å². The summed E-state index contributed by atoms with van der Waals surface area (Å²) in [7, 11) is 0. The van der Waals surface area contributed by atoms with Gasteiger partial charge in [0, 0.05) is 0 Å². The first-order chi connectivity index (χ1) is 5.61. The molecule has 0 aromatic carbocycles. The average molecular weight is 166 g/mol. The highest BCUT2D eigenvalue weighted by molar-refractivity contribution is 5.02. The fourth-order valence-electron chi connectivity index (χ4n) is 1.49. The highest BCUT2D eigenvalue weighted by Gasteiger charge is 2.16. The Hall–Kier alpha value is -0.520. The first-order valence-corrected chi connectivity index (χ1v) is 4.86. The average Bonchev–Trinajstić information content (AvgIpc) is 1.99. The predicted octanol–water partition coefficient (Wildman–Crippen LogP) is 4.19. The molecule has 1 fully saturated rings. The summed E-state index contributed by atoms with van der Waals surface area (Å²) >= 11 is 0. The second kappa shape index (κ2) is 6.05. The van der Waals surface area contributed by atoms with Crippen molar-refractivity contribution in [2.24, 2.45) is 11.8 Å². The fraction of sp³-hybridized carbons (Fsp3) is 0.667. The third kappa shape index (κ3) is 4.38.